The highest BCUT2D eigenvalue weighted by atomic mass is 35.5. The van der Waals surface area contributed by atoms with E-state index in [-0.39, 0.29) is 30.5 Å². The van der Waals surface area contributed by atoms with Gasteiger partial charge in [-0.25, -0.2) is 0 Å². The quantitative estimate of drug-likeness (QED) is 0.532. The van der Waals surface area contributed by atoms with Crippen molar-refractivity contribution in [2.45, 2.75) is 45.3 Å². The standard InChI is InChI=1S/C11H17ClO4/c1-7(2)15-6-9-5-8(11(14)16-9)3-4-10(12)13/h7-9H,3-6H2,1-2H3. The third-order valence-corrected chi connectivity index (χ3v) is 2.66. The maximum absolute atomic E-state index is 11.4. The lowest BCUT2D eigenvalue weighted by molar-refractivity contribution is -0.146. The van der Waals surface area contributed by atoms with Gasteiger partial charge >= 0.3 is 5.97 Å². The van der Waals surface area contributed by atoms with Gasteiger partial charge in [0.2, 0.25) is 5.24 Å². The second-order valence-electron chi connectivity index (χ2n) is 4.27. The first-order valence-electron chi connectivity index (χ1n) is 5.49. The van der Waals surface area contributed by atoms with E-state index in [0.717, 1.165) is 0 Å². The van der Waals surface area contributed by atoms with Gasteiger partial charge in [0.1, 0.15) is 6.10 Å². The molecule has 4 nitrogen and oxygen atoms in total. The third-order valence-electron chi connectivity index (χ3n) is 2.47. The van der Waals surface area contributed by atoms with Gasteiger partial charge in [-0.3, -0.25) is 9.59 Å². The Morgan fingerprint density at radius 3 is 2.88 bits per heavy atom. The van der Waals surface area contributed by atoms with Crippen molar-refractivity contribution in [2.75, 3.05) is 6.61 Å². The number of ether oxygens (including phenoxy) is 2. The van der Waals surface area contributed by atoms with E-state index in [9.17, 15) is 9.59 Å². The SMILES string of the molecule is CC(C)OCC1CC(CCC(=O)Cl)C(=O)O1. The van der Waals surface area contributed by atoms with Gasteiger partial charge in [-0.05, 0) is 38.3 Å². The Labute approximate surface area is 100 Å². The highest BCUT2D eigenvalue weighted by molar-refractivity contribution is 6.63. The zero-order valence-corrected chi connectivity index (χ0v) is 10.3. The summed E-state index contributed by atoms with van der Waals surface area (Å²) < 4.78 is 10.5. The van der Waals surface area contributed by atoms with Crippen molar-refractivity contribution in [3.63, 3.8) is 0 Å². The molecule has 0 aromatic heterocycles. The summed E-state index contributed by atoms with van der Waals surface area (Å²) in [5.74, 6) is -0.446. The number of cyclic esters (lactones) is 1. The minimum Gasteiger partial charge on any atom is -0.460 e. The fourth-order valence-corrected chi connectivity index (χ4v) is 1.76. The predicted octanol–water partition coefficient (Wildman–Crippen LogP) is 1.89. The van der Waals surface area contributed by atoms with Crippen LogP contribution in [-0.4, -0.2) is 30.0 Å². The summed E-state index contributed by atoms with van der Waals surface area (Å²) in [5.41, 5.74) is 0. The average molecular weight is 249 g/mol. The zero-order valence-electron chi connectivity index (χ0n) is 9.57. The Morgan fingerprint density at radius 1 is 1.62 bits per heavy atom. The van der Waals surface area contributed by atoms with E-state index in [1.165, 1.54) is 0 Å². The van der Waals surface area contributed by atoms with E-state index >= 15 is 0 Å². The van der Waals surface area contributed by atoms with Gasteiger partial charge in [0.25, 0.3) is 0 Å². The average Bonchev–Trinajstić information content (AvgIpc) is 2.53. The molecule has 1 rings (SSSR count). The zero-order chi connectivity index (χ0) is 12.1. The second-order valence-corrected chi connectivity index (χ2v) is 4.69. The number of hydrogen-bond donors (Lipinski definition) is 0. The van der Waals surface area contributed by atoms with E-state index in [1.54, 1.807) is 0 Å². The summed E-state index contributed by atoms with van der Waals surface area (Å²) in [5, 5.41) is -0.408. The van der Waals surface area contributed by atoms with Gasteiger partial charge in [-0.15, -0.1) is 0 Å². The third kappa shape index (κ3) is 4.49. The molecule has 0 radical (unpaired) electrons. The van der Waals surface area contributed by atoms with Crippen LogP contribution in [0.4, 0.5) is 0 Å². The summed E-state index contributed by atoms with van der Waals surface area (Å²) >= 11 is 5.23. The van der Waals surface area contributed by atoms with Gasteiger partial charge in [0, 0.05) is 6.42 Å². The summed E-state index contributed by atoms with van der Waals surface area (Å²) in [6, 6.07) is 0. The maximum atomic E-state index is 11.4. The van der Waals surface area contributed by atoms with Crippen molar-refractivity contribution in [3.05, 3.63) is 0 Å². The molecule has 0 bridgehead atoms. The van der Waals surface area contributed by atoms with E-state index < -0.39 is 5.24 Å². The first kappa shape index (κ1) is 13.5. The van der Waals surface area contributed by atoms with Crippen molar-refractivity contribution < 1.29 is 19.1 Å². The summed E-state index contributed by atoms with van der Waals surface area (Å²) in [4.78, 5) is 22.0. The molecule has 0 aromatic carbocycles. The molecule has 1 aliphatic heterocycles. The minimum atomic E-state index is -0.408. The van der Waals surface area contributed by atoms with E-state index in [1.807, 2.05) is 13.8 Å². The predicted molar refractivity (Wildman–Crippen MR) is 59.2 cm³/mol. The molecule has 2 unspecified atom stereocenters. The molecule has 92 valence electrons. The summed E-state index contributed by atoms with van der Waals surface area (Å²) in [7, 11) is 0. The molecule has 0 aromatic rings. The molecule has 0 N–H and O–H groups in total. The van der Waals surface area contributed by atoms with Crippen LogP contribution in [0.1, 0.15) is 33.1 Å². The smallest absolute Gasteiger partial charge is 0.309 e. The normalized spacial score (nSPS) is 24.9. The Kier molecular flexibility index (Phi) is 5.22. The fraction of sp³-hybridized carbons (Fsp3) is 0.818. The van der Waals surface area contributed by atoms with Crippen molar-refractivity contribution in [1.82, 2.24) is 0 Å². The van der Waals surface area contributed by atoms with Crippen LogP contribution in [0.2, 0.25) is 0 Å². The number of hydrogen-bond acceptors (Lipinski definition) is 4. The van der Waals surface area contributed by atoms with Crippen LogP contribution in [-0.2, 0) is 19.1 Å². The number of halogens is 1. The van der Waals surface area contributed by atoms with Crippen LogP contribution < -0.4 is 0 Å². The van der Waals surface area contributed by atoms with Gasteiger partial charge in [0.15, 0.2) is 0 Å². The van der Waals surface area contributed by atoms with Gasteiger partial charge in [0.05, 0.1) is 18.6 Å². The van der Waals surface area contributed by atoms with Crippen molar-refractivity contribution in [3.8, 4) is 0 Å². The van der Waals surface area contributed by atoms with Gasteiger partial charge in [-0.2, -0.15) is 0 Å². The molecule has 0 aliphatic carbocycles. The highest BCUT2D eigenvalue weighted by Gasteiger charge is 2.34. The lowest BCUT2D eigenvalue weighted by Gasteiger charge is -2.11. The molecular formula is C11H17ClO4. The molecular weight excluding hydrogens is 232 g/mol. The van der Waals surface area contributed by atoms with Crippen LogP contribution >= 0.6 is 11.6 Å². The largest absolute Gasteiger partial charge is 0.460 e. The molecule has 1 aliphatic rings. The van der Waals surface area contributed by atoms with Crippen LogP contribution in [0.15, 0.2) is 0 Å². The first-order valence-corrected chi connectivity index (χ1v) is 5.87. The lowest BCUT2D eigenvalue weighted by atomic mass is 10.00. The molecule has 1 saturated heterocycles. The molecule has 0 spiro atoms. The number of carbonyl (C=O) groups is 2. The number of carbonyl (C=O) groups excluding carboxylic acids is 2. The topological polar surface area (TPSA) is 52.6 Å². The van der Waals surface area contributed by atoms with Gasteiger partial charge in [-0.1, -0.05) is 0 Å². The Bertz CT molecular complexity index is 265. The Hall–Kier alpha value is -0.610. The molecule has 0 amide bonds. The van der Waals surface area contributed by atoms with Crippen LogP contribution in [0.3, 0.4) is 0 Å². The van der Waals surface area contributed by atoms with Crippen molar-refractivity contribution in [2.24, 2.45) is 5.92 Å². The first-order chi connectivity index (χ1) is 7.49. The number of esters is 1. The number of rotatable bonds is 6. The molecule has 2 atom stereocenters. The van der Waals surface area contributed by atoms with E-state index in [4.69, 9.17) is 21.1 Å². The maximum Gasteiger partial charge on any atom is 0.309 e. The van der Waals surface area contributed by atoms with Crippen LogP contribution in [0.25, 0.3) is 0 Å². The lowest BCUT2D eigenvalue weighted by Crippen LogP contribution is -2.18. The minimum absolute atomic E-state index is 0.127. The van der Waals surface area contributed by atoms with Gasteiger partial charge < -0.3 is 9.47 Å². The van der Waals surface area contributed by atoms with Crippen LogP contribution in [0, 0.1) is 5.92 Å². The van der Waals surface area contributed by atoms with E-state index in [2.05, 4.69) is 0 Å². The highest BCUT2D eigenvalue weighted by Crippen LogP contribution is 2.26. The Balaban J connectivity index is 2.29. The molecule has 1 heterocycles. The van der Waals surface area contributed by atoms with Crippen molar-refractivity contribution in [1.29, 1.82) is 0 Å². The van der Waals surface area contributed by atoms with E-state index in [0.29, 0.717) is 19.4 Å². The second kappa shape index (κ2) is 6.21. The molecule has 5 heteroatoms. The molecule has 16 heavy (non-hydrogen) atoms. The fourth-order valence-electron chi connectivity index (χ4n) is 1.65. The summed E-state index contributed by atoms with van der Waals surface area (Å²) in [6.45, 7) is 4.29. The van der Waals surface area contributed by atoms with Crippen LogP contribution in [0.5, 0.6) is 0 Å². The monoisotopic (exact) mass is 248 g/mol. The molecule has 1 fully saturated rings. The van der Waals surface area contributed by atoms with Crippen molar-refractivity contribution >= 4 is 22.8 Å². The molecule has 0 saturated carbocycles. The summed E-state index contributed by atoms with van der Waals surface area (Å²) in [6.07, 6.45) is 1.27. The Morgan fingerprint density at radius 2 is 2.31 bits per heavy atom.